The molecule has 1 N–H and O–H groups in total. The number of aromatic nitrogens is 2. The fraction of sp³-hybridized carbons (Fsp3) is 0.808. The summed E-state index contributed by atoms with van der Waals surface area (Å²) in [5.74, 6) is 3.32. The maximum absolute atomic E-state index is 11.5. The Morgan fingerprint density at radius 1 is 1.10 bits per heavy atom. The molecule has 0 radical (unpaired) electrons. The number of hydrogen-bond acceptors (Lipinski definition) is 2. The molecule has 3 nitrogen and oxygen atoms in total. The zero-order valence-corrected chi connectivity index (χ0v) is 19.0. The van der Waals surface area contributed by atoms with Crippen LogP contribution in [0.1, 0.15) is 89.8 Å². The molecule has 3 heteroatoms. The fourth-order valence-corrected chi connectivity index (χ4v) is 8.42. The van der Waals surface area contributed by atoms with E-state index in [2.05, 4.69) is 43.6 Å². The van der Waals surface area contributed by atoms with Crippen LogP contribution < -0.4 is 0 Å². The van der Waals surface area contributed by atoms with Crippen molar-refractivity contribution < 1.29 is 5.11 Å². The summed E-state index contributed by atoms with van der Waals surface area (Å²) < 4.78 is 2.06. The molecule has 0 saturated heterocycles. The zero-order valence-electron chi connectivity index (χ0n) is 19.0. The first-order chi connectivity index (χ1) is 13.9. The van der Waals surface area contributed by atoms with Gasteiger partial charge in [0, 0.05) is 23.2 Å². The molecule has 0 aliphatic heterocycles. The fourth-order valence-electron chi connectivity index (χ4n) is 8.42. The predicted octanol–water partition coefficient (Wildman–Crippen LogP) is 6.00. The number of fused-ring (bicyclic) bond motifs is 5. The predicted molar refractivity (Wildman–Crippen MR) is 118 cm³/mol. The smallest absolute Gasteiger partial charge is 0.0809 e. The number of nitrogens with zero attached hydrogens (tertiary/aromatic N) is 2. The first-order valence-corrected chi connectivity index (χ1v) is 12.3. The maximum atomic E-state index is 11.5. The van der Waals surface area contributed by atoms with E-state index in [9.17, 15) is 5.11 Å². The summed E-state index contributed by atoms with van der Waals surface area (Å²) in [6.07, 6.45) is 16.3. The van der Waals surface area contributed by atoms with E-state index in [1.54, 1.807) is 0 Å². The number of rotatable bonds is 2. The van der Waals surface area contributed by atoms with Crippen molar-refractivity contribution in [3.8, 4) is 0 Å². The molecule has 1 heterocycles. The van der Waals surface area contributed by atoms with E-state index < -0.39 is 0 Å². The number of aliphatic hydroxyl groups is 1. The van der Waals surface area contributed by atoms with Gasteiger partial charge in [0.05, 0.1) is 12.3 Å². The molecule has 0 spiro atoms. The third-order valence-corrected chi connectivity index (χ3v) is 10.2. The highest BCUT2D eigenvalue weighted by atomic mass is 16.3. The van der Waals surface area contributed by atoms with Crippen molar-refractivity contribution in [1.82, 2.24) is 9.78 Å². The summed E-state index contributed by atoms with van der Waals surface area (Å²) in [4.78, 5) is 0. The van der Waals surface area contributed by atoms with Crippen LogP contribution in [0.5, 0.6) is 0 Å². The van der Waals surface area contributed by atoms with Gasteiger partial charge >= 0.3 is 0 Å². The van der Waals surface area contributed by atoms with Gasteiger partial charge < -0.3 is 5.11 Å². The van der Waals surface area contributed by atoms with Crippen LogP contribution in [0.3, 0.4) is 0 Å². The highest BCUT2D eigenvalue weighted by molar-refractivity contribution is 5.57. The third-order valence-electron chi connectivity index (χ3n) is 10.2. The number of aliphatic hydroxyl groups excluding tert-OH is 1. The van der Waals surface area contributed by atoms with Crippen LogP contribution in [0.15, 0.2) is 11.8 Å². The summed E-state index contributed by atoms with van der Waals surface area (Å²) in [7, 11) is 0. The van der Waals surface area contributed by atoms with Crippen LogP contribution in [-0.4, -0.2) is 21.0 Å². The van der Waals surface area contributed by atoms with Crippen LogP contribution in [0, 0.1) is 41.4 Å². The second-order valence-corrected chi connectivity index (χ2v) is 11.3. The van der Waals surface area contributed by atoms with Gasteiger partial charge in [-0.25, -0.2) is 0 Å². The van der Waals surface area contributed by atoms with Gasteiger partial charge in [0.2, 0.25) is 0 Å². The van der Waals surface area contributed by atoms with E-state index in [1.165, 1.54) is 68.2 Å². The van der Waals surface area contributed by atoms with Crippen molar-refractivity contribution in [2.75, 3.05) is 0 Å². The van der Waals surface area contributed by atoms with Crippen LogP contribution in [0.25, 0.3) is 6.08 Å². The molecule has 7 atom stereocenters. The molecule has 1 aromatic heterocycles. The quantitative estimate of drug-likeness (QED) is 0.666. The first-order valence-electron chi connectivity index (χ1n) is 12.3. The molecule has 0 bridgehead atoms. The summed E-state index contributed by atoms with van der Waals surface area (Å²) in [6, 6.07) is 0. The lowest BCUT2D eigenvalue weighted by molar-refractivity contribution is -0.119. The second kappa shape index (κ2) is 6.97. The standard InChI is InChI=1S/C26H40N2O/c1-5-28-17(2)19(16-27-28)14-18-15-23-21-10-9-20-8-6-7-12-25(20,3)22(21)11-13-26(23,4)24(18)29/h14,16,20-24,29H,5-13,15H2,1-4H3/b18-14-/t20-,21-,22+,23-,24+,25-,26-/m0/s1. The third kappa shape index (κ3) is 2.82. The van der Waals surface area contributed by atoms with Gasteiger partial charge in [-0.2, -0.15) is 5.10 Å². The Labute approximate surface area is 177 Å². The van der Waals surface area contributed by atoms with E-state index in [1.807, 2.05) is 6.20 Å². The van der Waals surface area contributed by atoms with Crippen LogP contribution in [0.2, 0.25) is 0 Å². The van der Waals surface area contributed by atoms with Crippen molar-refractivity contribution in [3.05, 3.63) is 23.0 Å². The topological polar surface area (TPSA) is 38.0 Å². The molecule has 0 unspecified atom stereocenters. The highest BCUT2D eigenvalue weighted by Gasteiger charge is 2.60. The second-order valence-electron chi connectivity index (χ2n) is 11.3. The Kier molecular flexibility index (Phi) is 4.77. The first kappa shape index (κ1) is 19.8. The van der Waals surface area contributed by atoms with Crippen molar-refractivity contribution in [2.45, 2.75) is 98.1 Å². The van der Waals surface area contributed by atoms with Crippen LogP contribution >= 0.6 is 0 Å². The Morgan fingerprint density at radius 3 is 2.69 bits per heavy atom. The zero-order chi connectivity index (χ0) is 20.4. The van der Waals surface area contributed by atoms with Crippen molar-refractivity contribution in [2.24, 2.45) is 34.5 Å². The highest BCUT2D eigenvalue weighted by Crippen LogP contribution is 2.67. The minimum atomic E-state index is -0.283. The summed E-state index contributed by atoms with van der Waals surface area (Å²) in [6.45, 7) is 10.2. The van der Waals surface area contributed by atoms with Gasteiger partial charge in [0.25, 0.3) is 0 Å². The van der Waals surface area contributed by atoms with Crippen molar-refractivity contribution >= 4 is 6.08 Å². The molecule has 4 aliphatic rings. The SMILES string of the molecule is CCn1ncc(/C=C2/C[C@H]3[C@H]4CC[C@@H]5CCCC[C@]5(C)[C@@H]4CC[C@]3(C)[C@@H]2O)c1C. The van der Waals surface area contributed by atoms with Gasteiger partial charge in [-0.3, -0.25) is 4.68 Å². The lowest BCUT2D eigenvalue weighted by Gasteiger charge is -2.60. The van der Waals surface area contributed by atoms with Gasteiger partial charge in [0.1, 0.15) is 0 Å². The summed E-state index contributed by atoms with van der Waals surface area (Å²) >= 11 is 0. The molecular weight excluding hydrogens is 356 g/mol. The molecule has 4 aliphatic carbocycles. The lowest BCUT2D eigenvalue weighted by atomic mass is 9.45. The van der Waals surface area contributed by atoms with E-state index in [4.69, 9.17) is 0 Å². The summed E-state index contributed by atoms with van der Waals surface area (Å²) in [5.41, 5.74) is 4.33. The van der Waals surface area contributed by atoms with Crippen molar-refractivity contribution in [1.29, 1.82) is 0 Å². The molecule has 0 amide bonds. The lowest BCUT2D eigenvalue weighted by Crippen LogP contribution is -2.53. The van der Waals surface area contributed by atoms with E-state index in [-0.39, 0.29) is 11.5 Å². The molecule has 29 heavy (non-hydrogen) atoms. The van der Waals surface area contributed by atoms with E-state index in [0.29, 0.717) is 11.3 Å². The molecule has 4 fully saturated rings. The molecule has 5 rings (SSSR count). The largest absolute Gasteiger partial charge is 0.388 e. The Bertz CT molecular complexity index is 810. The normalized spacial score (nSPS) is 45.7. The summed E-state index contributed by atoms with van der Waals surface area (Å²) in [5, 5.41) is 16.0. The van der Waals surface area contributed by atoms with Gasteiger partial charge in [-0.1, -0.05) is 26.7 Å². The minimum absolute atomic E-state index is 0.0690. The molecule has 160 valence electrons. The van der Waals surface area contributed by atoms with Crippen LogP contribution in [-0.2, 0) is 6.54 Å². The molecule has 0 aromatic carbocycles. The number of aryl methyl sites for hydroxylation is 1. The van der Waals surface area contributed by atoms with E-state index in [0.717, 1.165) is 30.7 Å². The van der Waals surface area contributed by atoms with Gasteiger partial charge in [0.15, 0.2) is 0 Å². The molecular formula is C26H40N2O. The minimum Gasteiger partial charge on any atom is -0.388 e. The Balaban J connectivity index is 1.45. The Hall–Kier alpha value is -1.09. The molecule has 1 aromatic rings. The van der Waals surface area contributed by atoms with Crippen molar-refractivity contribution in [3.63, 3.8) is 0 Å². The maximum Gasteiger partial charge on any atom is 0.0809 e. The average Bonchev–Trinajstić information content (AvgIpc) is 3.19. The Morgan fingerprint density at radius 2 is 1.93 bits per heavy atom. The van der Waals surface area contributed by atoms with Crippen LogP contribution in [0.4, 0.5) is 0 Å². The van der Waals surface area contributed by atoms with E-state index >= 15 is 0 Å². The average molecular weight is 397 g/mol. The monoisotopic (exact) mass is 396 g/mol. The van der Waals surface area contributed by atoms with Gasteiger partial charge in [-0.05, 0) is 99.5 Å². The molecule has 4 saturated carbocycles. The van der Waals surface area contributed by atoms with Gasteiger partial charge in [-0.15, -0.1) is 0 Å². The number of hydrogen-bond donors (Lipinski definition) is 1.